The van der Waals surface area contributed by atoms with E-state index in [1.54, 1.807) is 0 Å². The fourth-order valence-electron chi connectivity index (χ4n) is 4.36. The molecule has 3 fully saturated rings. The van der Waals surface area contributed by atoms with Crippen LogP contribution in [0.25, 0.3) is 0 Å². The normalized spacial score (nSPS) is 33.6. The highest BCUT2D eigenvalue weighted by Crippen LogP contribution is 2.40. The Morgan fingerprint density at radius 2 is 1.79 bits per heavy atom. The van der Waals surface area contributed by atoms with E-state index in [-0.39, 0.29) is 5.60 Å². The summed E-state index contributed by atoms with van der Waals surface area (Å²) in [6.45, 7) is 3.72. The first kappa shape index (κ1) is 13.8. The predicted molar refractivity (Wildman–Crippen MR) is 76.2 cm³/mol. The molecule has 2 aliphatic heterocycles. The number of nitrogens with zero attached hydrogens (tertiary/aromatic N) is 1. The third-order valence-corrected chi connectivity index (χ3v) is 5.66. The molecule has 0 aromatic heterocycles. The molecule has 0 aromatic rings. The number of aliphatic hydroxyl groups excluding tert-OH is 1. The summed E-state index contributed by atoms with van der Waals surface area (Å²) in [7, 11) is 0. The van der Waals surface area contributed by atoms with Crippen LogP contribution in [0.2, 0.25) is 0 Å². The molecule has 19 heavy (non-hydrogen) atoms. The minimum Gasteiger partial charge on any atom is -0.396 e. The van der Waals surface area contributed by atoms with Gasteiger partial charge in [0.05, 0.1) is 5.60 Å². The average Bonchev–Trinajstić information content (AvgIpc) is 2.48. The number of piperidine rings is 1. The molecule has 0 aromatic carbocycles. The zero-order valence-electron chi connectivity index (χ0n) is 12.1. The molecule has 3 nitrogen and oxygen atoms in total. The van der Waals surface area contributed by atoms with Gasteiger partial charge in [0.2, 0.25) is 0 Å². The maximum absolute atomic E-state index is 9.25. The first-order valence-corrected chi connectivity index (χ1v) is 8.30. The van der Waals surface area contributed by atoms with Gasteiger partial charge >= 0.3 is 0 Å². The summed E-state index contributed by atoms with van der Waals surface area (Å²) < 4.78 is 6.20. The summed E-state index contributed by atoms with van der Waals surface area (Å²) in [5.74, 6) is 0.555. The van der Waals surface area contributed by atoms with Crippen molar-refractivity contribution >= 4 is 0 Å². The van der Waals surface area contributed by atoms with Gasteiger partial charge in [-0.05, 0) is 57.5 Å². The van der Waals surface area contributed by atoms with E-state index >= 15 is 0 Å². The maximum Gasteiger partial charge on any atom is 0.0697 e. The summed E-state index contributed by atoms with van der Waals surface area (Å²) >= 11 is 0. The van der Waals surface area contributed by atoms with Gasteiger partial charge in [-0.3, -0.25) is 0 Å². The Kier molecular flexibility index (Phi) is 4.45. The first-order chi connectivity index (χ1) is 9.31. The lowest BCUT2D eigenvalue weighted by Crippen LogP contribution is -2.51. The summed E-state index contributed by atoms with van der Waals surface area (Å²) in [5.41, 5.74) is 0.231. The second kappa shape index (κ2) is 6.11. The molecule has 1 spiro atoms. The van der Waals surface area contributed by atoms with Crippen molar-refractivity contribution in [2.45, 2.75) is 69.4 Å². The predicted octanol–water partition coefficient (Wildman–Crippen LogP) is 2.57. The van der Waals surface area contributed by atoms with E-state index in [1.165, 1.54) is 70.9 Å². The van der Waals surface area contributed by atoms with Gasteiger partial charge in [0.1, 0.15) is 0 Å². The minimum atomic E-state index is 0.231. The first-order valence-electron chi connectivity index (χ1n) is 8.30. The molecule has 0 amide bonds. The minimum absolute atomic E-state index is 0.231. The number of hydrogen-bond acceptors (Lipinski definition) is 3. The Hall–Kier alpha value is -0.120. The van der Waals surface area contributed by atoms with E-state index in [2.05, 4.69) is 4.90 Å². The highest BCUT2D eigenvalue weighted by molar-refractivity contribution is 4.93. The monoisotopic (exact) mass is 267 g/mol. The van der Waals surface area contributed by atoms with E-state index in [9.17, 15) is 5.11 Å². The Bertz CT molecular complexity index is 275. The van der Waals surface area contributed by atoms with Crippen molar-refractivity contribution in [3.8, 4) is 0 Å². The van der Waals surface area contributed by atoms with E-state index in [0.29, 0.717) is 12.5 Å². The summed E-state index contributed by atoms with van der Waals surface area (Å²) in [5, 5.41) is 9.25. The molecule has 110 valence electrons. The Balaban J connectivity index is 1.56. The average molecular weight is 267 g/mol. The molecule has 1 saturated carbocycles. The van der Waals surface area contributed by atoms with Crippen LogP contribution in [0.5, 0.6) is 0 Å². The summed E-state index contributed by atoms with van der Waals surface area (Å²) in [4.78, 5) is 2.69. The second-order valence-electron chi connectivity index (χ2n) is 6.90. The van der Waals surface area contributed by atoms with Gasteiger partial charge in [0.25, 0.3) is 0 Å². The Morgan fingerprint density at radius 1 is 1.05 bits per heavy atom. The molecule has 3 rings (SSSR count). The lowest BCUT2D eigenvalue weighted by atomic mass is 9.77. The van der Waals surface area contributed by atoms with Crippen molar-refractivity contribution in [1.29, 1.82) is 0 Å². The van der Waals surface area contributed by atoms with Gasteiger partial charge in [-0.2, -0.15) is 0 Å². The zero-order chi connectivity index (χ0) is 13.1. The molecule has 1 atom stereocenters. The molecule has 3 aliphatic rings. The van der Waals surface area contributed by atoms with Gasteiger partial charge in [0, 0.05) is 19.3 Å². The van der Waals surface area contributed by atoms with Crippen molar-refractivity contribution in [2.24, 2.45) is 5.92 Å². The topological polar surface area (TPSA) is 32.7 Å². The summed E-state index contributed by atoms with van der Waals surface area (Å²) in [6, 6.07) is 0.742. The lowest BCUT2D eigenvalue weighted by Gasteiger charge is -2.48. The van der Waals surface area contributed by atoms with Crippen molar-refractivity contribution in [3.05, 3.63) is 0 Å². The van der Waals surface area contributed by atoms with Crippen molar-refractivity contribution in [2.75, 3.05) is 26.3 Å². The number of ether oxygens (including phenoxy) is 1. The molecule has 2 saturated heterocycles. The fourth-order valence-corrected chi connectivity index (χ4v) is 4.36. The maximum atomic E-state index is 9.25. The van der Waals surface area contributed by atoms with Crippen LogP contribution in [-0.4, -0.2) is 48.0 Å². The summed E-state index contributed by atoms with van der Waals surface area (Å²) in [6.07, 6.45) is 11.5. The van der Waals surface area contributed by atoms with E-state index in [4.69, 9.17) is 4.74 Å². The highest BCUT2D eigenvalue weighted by Gasteiger charge is 2.40. The Morgan fingerprint density at radius 3 is 2.47 bits per heavy atom. The zero-order valence-corrected chi connectivity index (χ0v) is 12.1. The third-order valence-electron chi connectivity index (χ3n) is 5.66. The molecular weight excluding hydrogens is 238 g/mol. The standard InChI is InChI=1S/C16H29NO2/c18-13-14-4-9-17(10-5-14)15-6-11-19-16(12-15)7-2-1-3-8-16/h14-15,18H,1-13H2. The van der Waals surface area contributed by atoms with Crippen molar-refractivity contribution in [3.63, 3.8) is 0 Å². The fraction of sp³-hybridized carbons (Fsp3) is 1.00. The van der Waals surface area contributed by atoms with Gasteiger partial charge in [-0.25, -0.2) is 0 Å². The third kappa shape index (κ3) is 3.14. The van der Waals surface area contributed by atoms with Crippen LogP contribution in [0.4, 0.5) is 0 Å². The molecule has 1 unspecified atom stereocenters. The van der Waals surface area contributed by atoms with Crippen LogP contribution < -0.4 is 0 Å². The number of likely N-dealkylation sites (tertiary alicyclic amines) is 1. The highest BCUT2D eigenvalue weighted by atomic mass is 16.5. The molecule has 1 aliphatic carbocycles. The second-order valence-corrected chi connectivity index (χ2v) is 6.90. The van der Waals surface area contributed by atoms with Crippen LogP contribution in [-0.2, 0) is 4.74 Å². The largest absolute Gasteiger partial charge is 0.396 e. The van der Waals surface area contributed by atoms with Gasteiger partial charge in [-0.15, -0.1) is 0 Å². The van der Waals surface area contributed by atoms with Crippen LogP contribution >= 0.6 is 0 Å². The van der Waals surface area contributed by atoms with Crippen LogP contribution in [0.3, 0.4) is 0 Å². The van der Waals surface area contributed by atoms with E-state index in [1.807, 2.05) is 0 Å². The van der Waals surface area contributed by atoms with Crippen LogP contribution in [0, 0.1) is 5.92 Å². The number of aliphatic hydroxyl groups is 1. The SMILES string of the molecule is OCC1CCN(C2CCOC3(CCCCC3)C2)CC1. The van der Waals surface area contributed by atoms with Gasteiger partial charge < -0.3 is 14.7 Å². The van der Waals surface area contributed by atoms with Crippen molar-refractivity contribution < 1.29 is 9.84 Å². The molecular formula is C16H29NO2. The van der Waals surface area contributed by atoms with Gasteiger partial charge in [0.15, 0.2) is 0 Å². The Labute approximate surface area is 117 Å². The molecule has 3 heteroatoms. The van der Waals surface area contributed by atoms with E-state index < -0.39 is 0 Å². The quantitative estimate of drug-likeness (QED) is 0.834. The van der Waals surface area contributed by atoms with Crippen LogP contribution in [0.15, 0.2) is 0 Å². The number of rotatable bonds is 2. The van der Waals surface area contributed by atoms with Crippen LogP contribution in [0.1, 0.15) is 57.8 Å². The number of hydrogen-bond donors (Lipinski definition) is 1. The smallest absolute Gasteiger partial charge is 0.0697 e. The van der Waals surface area contributed by atoms with E-state index in [0.717, 1.165) is 12.6 Å². The molecule has 2 heterocycles. The lowest BCUT2D eigenvalue weighted by molar-refractivity contribution is -0.126. The molecule has 1 N–H and O–H groups in total. The molecule has 0 radical (unpaired) electrons. The molecule has 0 bridgehead atoms. The van der Waals surface area contributed by atoms with Crippen molar-refractivity contribution in [1.82, 2.24) is 4.90 Å². The van der Waals surface area contributed by atoms with Gasteiger partial charge in [-0.1, -0.05) is 19.3 Å².